The number of H-pyrrole nitrogens is 1. The molecule has 1 aliphatic rings. The summed E-state index contributed by atoms with van der Waals surface area (Å²) in [6.45, 7) is 4.65. The minimum absolute atomic E-state index is 0.0393. The van der Waals surface area contributed by atoms with Gasteiger partial charge in [-0.2, -0.15) is 0 Å². The number of rotatable bonds is 3. The Kier molecular flexibility index (Phi) is 3.62. The molecule has 0 amide bonds. The van der Waals surface area contributed by atoms with E-state index in [1.54, 1.807) is 0 Å². The maximum atomic E-state index is 5.69. The van der Waals surface area contributed by atoms with Gasteiger partial charge in [0, 0.05) is 13.1 Å². The SMILES string of the molecule is CCc1ccc(-c2cnc(C3CNCCO3)[nH]2)cc1. The molecule has 1 saturated heterocycles. The van der Waals surface area contributed by atoms with Crippen LogP contribution >= 0.6 is 0 Å². The summed E-state index contributed by atoms with van der Waals surface area (Å²) in [5.41, 5.74) is 3.56. The number of benzene rings is 1. The molecule has 19 heavy (non-hydrogen) atoms. The molecule has 0 spiro atoms. The van der Waals surface area contributed by atoms with E-state index in [1.807, 2.05) is 6.20 Å². The number of hydrogen-bond donors (Lipinski definition) is 2. The average Bonchev–Trinajstić information content (AvgIpc) is 2.98. The highest BCUT2D eigenvalue weighted by Crippen LogP contribution is 2.22. The quantitative estimate of drug-likeness (QED) is 0.887. The summed E-state index contributed by atoms with van der Waals surface area (Å²) >= 11 is 0. The van der Waals surface area contributed by atoms with Gasteiger partial charge >= 0.3 is 0 Å². The number of aromatic amines is 1. The Morgan fingerprint density at radius 2 is 2.16 bits per heavy atom. The van der Waals surface area contributed by atoms with Gasteiger partial charge in [-0.25, -0.2) is 4.98 Å². The van der Waals surface area contributed by atoms with Crippen LogP contribution in [-0.4, -0.2) is 29.7 Å². The molecule has 4 nitrogen and oxygen atoms in total. The lowest BCUT2D eigenvalue weighted by Crippen LogP contribution is -2.33. The van der Waals surface area contributed by atoms with Crippen LogP contribution in [0.5, 0.6) is 0 Å². The van der Waals surface area contributed by atoms with Crippen LogP contribution in [0.1, 0.15) is 24.4 Å². The smallest absolute Gasteiger partial charge is 0.137 e. The average molecular weight is 257 g/mol. The lowest BCUT2D eigenvalue weighted by molar-refractivity contribution is 0.0227. The second-order valence-corrected chi connectivity index (χ2v) is 4.80. The Hall–Kier alpha value is -1.65. The minimum atomic E-state index is 0.0393. The zero-order valence-corrected chi connectivity index (χ0v) is 11.1. The largest absolute Gasteiger partial charge is 0.368 e. The molecule has 1 unspecified atom stereocenters. The first-order valence-corrected chi connectivity index (χ1v) is 6.83. The van der Waals surface area contributed by atoms with Crippen molar-refractivity contribution in [3.8, 4) is 11.3 Å². The third-order valence-corrected chi connectivity index (χ3v) is 3.50. The van der Waals surface area contributed by atoms with Crippen LogP contribution in [0.2, 0.25) is 0 Å². The first-order chi connectivity index (χ1) is 9.36. The van der Waals surface area contributed by atoms with Gasteiger partial charge in [-0.1, -0.05) is 31.2 Å². The van der Waals surface area contributed by atoms with Crippen molar-refractivity contribution >= 4 is 0 Å². The normalized spacial score (nSPS) is 19.5. The number of ether oxygens (including phenoxy) is 1. The Morgan fingerprint density at radius 1 is 1.32 bits per heavy atom. The fraction of sp³-hybridized carbons (Fsp3) is 0.400. The van der Waals surface area contributed by atoms with E-state index < -0.39 is 0 Å². The predicted octanol–water partition coefficient (Wildman–Crippen LogP) is 2.30. The van der Waals surface area contributed by atoms with Crippen LogP contribution in [0, 0.1) is 0 Å². The van der Waals surface area contributed by atoms with E-state index in [0.29, 0.717) is 0 Å². The summed E-state index contributed by atoms with van der Waals surface area (Å²) in [7, 11) is 0. The van der Waals surface area contributed by atoms with Gasteiger partial charge in [-0.3, -0.25) is 0 Å². The molecule has 1 aliphatic heterocycles. The van der Waals surface area contributed by atoms with Gasteiger partial charge in [-0.05, 0) is 17.5 Å². The van der Waals surface area contributed by atoms with Gasteiger partial charge in [0.25, 0.3) is 0 Å². The van der Waals surface area contributed by atoms with Crippen LogP contribution < -0.4 is 5.32 Å². The molecular formula is C15H19N3O. The van der Waals surface area contributed by atoms with Crippen molar-refractivity contribution < 1.29 is 4.74 Å². The Labute approximate surface area is 113 Å². The molecule has 2 aromatic rings. The molecule has 3 rings (SSSR count). The van der Waals surface area contributed by atoms with E-state index in [0.717, 1.165) is 37.6 Å². The zero-order valence-electron chi connectivity index (χ0n) is 11.1. The highest BCUT2D eigenvalue weighted by Gasteiger charge is 2.18. The first kappa shape index (κ1) is 12.4. The maximum absolute atomic E-state index is 5.69. The lowest BCUT2D eigenvalue weighted by atomic mass is 10.1. The van der Waals surface area contributed by atoms with Crippen LogP contribution in [0.3, 0.4) is 0 Å². The summed E-state index contributed by atoms with van der Waals surface area (Å²) in [6.07, 6.45) is 2.99. The van der Waals surface area contributed by atoms with E-state index in [1.165, 1.54) is 11.1 Å². The first-order valence-electron chi connectivity index (χ1n) is 6.83. The standard InChI is InChI=1S/C15H19N3O/c1-2-11-3-5-12(6-4-11)13-9-17-15(18-13)14-10-16-7-8-19-14/h3-6,9,14,16H,2,7-8,10H2,1H3,(H,17,18). The van der Waals surface area contributed by atoms with Gasteiger partial charge < -0.3 is 15.0 Å². The van der Waals surface area contributed by atoms with E-state index >= 15 is 0 Å². The Balaban J connectivity index is 1.79. The molecule has 1 aromatic heterocycles. The van der Waals surface area contributed by atoms with Crippen LogP contribution in [0.4, 0.5) is 0 Å². The lowest BCUT2D eigenvalue weighted by Gasteiger charge is -2.21. The summed E-state index contributed by atoms with van der Waals surface area (Å²) in [4.78, 5) is 7.80. The van der Waals surface area contributed by atoms with E-state index in [4.69, 9.17) is 4.74 Å². The monoisotopic (exact) mass is 257 g/mol. The fourth-order valence-electron chi connectivity index (χ4n) is 2.31. The van der Waals surface area contributed by atoms with Crippen LogP contribution in [0.15, 0.2) is 30.5 Å². The predicted molar refractivity (Wildman–Crippen MR) is 75.0 cm³/mol. The van der Waals surface area contributed by atoms with Crippen molar-refractivity contribution in [2.75, 3.05) is 19.7 Å². The molecule has 2 N–H and O–H groups in total. The van der Waals surface area contributed by atoms with Gasteiger partial charge in [-0.15, -0.1) is 0 Å². The van der Waals surface area contributed by atoms with E-state index in [9.17, 15) is 0 Å². The number of nitrogens with zero attached hydrogens (tertiary/aromatic N) is 1. The van der Waals surface area contributed by atoms with Crippen LogP contribution in [0.25, 0.3) is 11.3 Å². The second kappa shape index (κ2) is 5.55. The highest BCUT2D eigenvalue weighted by molar-refractivity contribution is 5.58. The van der Waals surface area contributed by atoms with Crippen molar-refractivity contribution in [2.24, 2.45) is 0 Å². The summed E-state index contributed by atoms with van der Waals surface area (Å²) in [5.74, 6) is 0.904. The Morgan fingerprint density at radius 3 is 2.84 bits per heavy atom. The van der Waals surface area contributed by atoms with Crippen molar-refractivity contribution in [2.45, 2.75) is 19.4 Å². The van der Waals surface area contributed by atoms with Crippen molar-refractivity contribution in [3.05, 3.63) is 41.9 Å². The number of aromatic nitrogens is 2. The number of morpholine rings is 1. The number of nitrogens with one attached hydrogen (secondary N) is 2. The molecule has 2 heterocycles. The third-order valence-electron chi connectivity index (χ3n) is 3.50. The highest BCUT2D eigenvalue weighted by atomic mass is 16.5. The molecule has 0 saturated carbocycles. The van der Waals surface area contributed by atoms with Gasteiger partial charge in [0.15, 0.2) is 0 Å². The topological polar surface area (TPSA) is 49.9 Å². The van der Waals surface area contributed by atoms with Gasteiger partial charge in [0.05, 0.1) is 18.5 Å². The van der Waals surface area contributed by atoms with Crippen LogP contribution in [-0.2, 0) is 11.2 Å². The molecule has 1 aromatic carbocycles. The van der Waals surface area contributed by atoms with Crippen molar-refractivity contribution in [1.82, 2.24) is 15.3 Å². The Bertz CT molecular complexity index is 527. The number of aryl methyl sites for hydroxylation is 1. The molecule has 1 fully saturated rings. The molecule has 4 heteroatoms. The zero-order chi connectivity index (χ0) is 13.1. The van der Waals surface area contributed by atoms with E-state index in [-0.39, 0.29) is 6.10 Å². The summed E-state index contributed by atoms with van der Waals surface area (Å²) < 4.78 is 5.69. The molecule has 1 atom stereocenters. The molecule has 100 valence electrons. The number of hydrogen-bond acceptors (Lipinski definition) is 3. The van der Waals surface area contributed by atoms with Gasteiger partial charge in [0.2, 0.25) is 0 Å². The molecule has 0 aliphatic carbocycles. The minimum Gasteiger partial charge on any atom is -0.368 e. The molecular weight excluding hydrogens is 238 g/mol. The number of imidazole rings is 1. The molecule has 0 bridgehead atoms. The summed E-state index contributed by atoms with van der Waals surface area (Å²) in [6, 6.07) is 8.59. The summed E-state index contributed by atoms with van der Waals surface area (Å²) in [5, 5.41) is 3.31. The maximum Gasteiger partial charge on any atom is 0.137 e. The van der Waals surface area contributed by atoms with Crippen molar-refractivity contribution in [3.63, 3.8) is 0 Å². The third kappa shape index (κ3) is 2.69. The van der Waals surface area contributed by atoms with Crippen molar-refractivity contribution in [1.29, 1.82) is 0 Å². The fourth-order valence-corrected chi connectivity index (χ4v) is 2.31. The second-order valence-electron chi connectivity index (χ2n) is 4.80. The van der Waals surface area contributed by atoms with E-state index in [2.05, 4.69) is 46.5 Å². The van der Waals surface area contributed by atoms with Gasteiger partial charge in [0.1, 0.15) is 11.9 Å². The molecule has 0 radical (unpaired) electrons.